The minimum Gasteiger partial charge on any atom is -0.465 e. The SMILES string of the molecule is COC(=O)N[C@H](C(=O)N1CCC[C@H]1c1nc2cc([C@H]3CC[C@H](c4ccc5[nH]c([C@@H]6CCCN6C(=O)[C@@H](NC(=O)O)C(C)C)nc5c4)N3c3ccc(N4CCCCC4)c(C)c3)ccc2[nH]1)C(C)C. The largest absolute Gasteiger partial charge is 0.465 e. The number of fused-ring (bicyclic) bond motifs is 2. The molecule has 5 aromatic rings. The Morgan fingerprint density at radius 2 is 1.18 bits per heavy atom. The van der Waals surface area contributed by atoms with Crippen LogP contribution in [-0.2, 0) is 14.3 Å². The number of carbonyl (C=O) groups is 4. The van der Waals surface area contributed by atoms with E-state index in [-0.39, 0.29) is 47.8 Å². The van der Waals surface area contributed by atoms with Crippen LogP contribution in [0.4, 0.5) is 21.0 Å². The highest BCUT2D eigenvalue weighted by Gasteiger charge is 2.41. The minimum atomic E-state index is -1.21. The molecule has 6 heterocycles. The van der Waals surface area contributed by atoms with Crippen LogP contribution < -0.4 is 20.4 Å². The van der Waals surface area contributed by atoms with Crippen molar-refractivity contribution in [2.45, 2.75) is 129 Å². The zero-order valence-electron chi connectivity index (χ0n) is 39.7. The number of ether oxygens (including phenoxy) is 1. The molecule has 0 saturated carbocycles. The van der Waals surface area contributed by atoms with Crippen LogP contribution in [-0.4, -0.2) is 104 Å². The second-order valence-electron chi connectivity index (χ2n) is 19.7. The Morgan fingerprint density at radius 3 is 1.66 bits per heavy atom. The number of anilines is 2. The average molecular weight is 915 g/mol. The van der Waals surface area contributed by atoms with Crippen LogP contribution in [0, 0.1) is 18.8 Å². The molecule has 4 saturated heterocycles. The van der Waals surface area contributed by atoms with Crippen LogP contribution in [0.15, 0.2) is 54.6 Å². The van der Waals surface area contributed by atoms with Gasteiger partial charge in [-0.2, -0.15) is 0 Å². The zero-order valence-corrected chi connectivity index (χ0v) is 39.7. The lowest BCUT2D eigenvalue weighted by molar-refractivity contribution is -0.136. The number of benzene rings is 3. The second-order valence-corrected chi connectivity index (χ2v) is 19.7. The molecule has 4 aliphatic heterocycles. The van der Waals surface area contributed by atoms with Gasteiger partial charge in [-0.3, -0.25) is 9.59 Å². The lowest BCUT2D eigenvalue weighted by atomic mass is 10.0. The third kappa shape index (κ3) is 9.10. The number of hydrogen-bond donors (Lipinski definition) is 5. The van der Waals surface area contributed by atoms with E-state index in [4.69, 9.17) is 14.7 Å². The highest BCUT2D eigenvalue weighted by molar-refractivity contribution is 5.87. The van der Waals surface area contributed by atoms with Gasteiger partial charge in [0.2, 0.25) is 11.8 Å². The third-order valence-corrected chi connectivity index (χ3v) is 14.7. The number of hydrogen-bond acceptors (Lipinski definition) is 9. The summed E-state index contributed by atoms with van der Waals surface area (Å²) in [6, 6.07) is 18.0. The molecule has 0 spiro atoms. The molecule has 356 valence electrons. The zero-order chi connectivity index (χ0) is 47.1. The molecule has 0 bridgehead atoms. The fourth-order valence-electron chi connectivity index (χ4n) is 11.3. The smallest absolute Gasteiger partial charge is 0.407 e. The normalized spacial score (nSPS) is 22.0. The van der Waals surface area contributed by atoms with E-state index in [1.54, 1.807) is 4.90 Å². The van der Waals surface area contributed by atoms with E-state index in [1.807, 2.05) is 32.6 Å². The number of likely N-dealkylation sites (tertiary alicyclic amines) is 2. The van der Waals surface area contributed by atoms with Gasteiger partial charge in [0.1, 0.15) is 23.7 Å². The fourth-order valence-corrected chi connectivity index (χ4v) is 11.3. The highest BCUT2D eigenvalue weighted by Crippen LogP contribution is 2.49. The van der Waals surface area contributed by atoms with Crippen molar-refractivity contribution in [3.8, 4) is 0 Å². The van der Waals surface area contributed by atoms with Crippen LogP contribution in [0.2, 0.25) is 0 Å². The van der Waals surface area contributed by atoms with Crippen molar-refractivity contribution in [2.24, 2.45) is 11.8 Å². The summed E-state index contributed by atoms with van der Waals surface area (Å²) in [5.74, 6) is 0.781. The van der Waals surface area contributed by atoms with Gasteiger partial charge in [0.25, 0.3) is 0 Å². The number of amides is 4. The molecule has 4 amide bonds. The Balaban J connectivity index is 1.02. The van der Waals surface area contributed by atoms with Crippen LogP contribution in [0.3, 0.4) is 0 Å². The van der Waals surface area contributed by atoms with E-state index in [2.05, 4.69) is 91.9 Å². The van der Waals surface area contributed by atoms with Crippen molar-refractivity contribution in [3.63, 3.8) is 0 Å². The van der Waals surface area contributed by atoms with Crippen molar-refractivity contribution in [2.75, 3.05) is 43.1 Å². The number of aromatic amines is 2. The first kappa shape index (κ1) is 45.8. The molecule has 16 nitrogen and oxygen atoms in total. The quantitative estimate of drug-likeness (QED) is 0.0808. The maximum Gasteiger partial charge on any atom is 0.407 e. The summed E-state index contributed by atoms with van der Waals surface area (Å²) in [7, 11) is 1.30. The number of carboxylic acid groups (broad SMARTS) is 1. The molecule has 0 aliphatic carbocycles. The lowest BCUT2D eigenvalue weighted by Crippen LogP contribution is -2.51. The molecule has 4 fully saturated rings. The second kappa shape index (κ2) is 19.1. The van der Waals surface area contributed by atoms with Crippen molar-refractivity contribution < 1.29 is 29.0 Å². The highest BCUT2D eigenvalue weighted by atomic mass is 16.5. The summed E-state index contributed by atoms with van der Waals surface area (Å²) < 4.78 is 4.84. The number of methoxy groups -OCH3 is 1. The maximum absolute atomic E-state index is 13.9. The van der Waals surface area contributed by atoms with Gasteiger partial charge in [0.15, 0.2) is 0 Å². The van der Waals surface area contributed by atoms with Gasteiger partial charge in [-0.05, 0) is 136 Å². The van der Waals surface area contributed by atoms with Crippen LogP contribution >= 0.6 is 0 Å². The van der Waals surface area contributed by atoms with Gasteiger partial charge in [-0.1, -0.05) is 39.8 Å². The number of piperidine rings is 1. The van der Waals surface area contributed by atoms with Gasteiger partial charge >= 0.3 is 12.2 Å². The van der Waals surface area contributed by atoms with Crippen molar-refractivity contribution in [1.82, 2.24) is 40.4 Å². The minimum absolute atomic E-state index is 0.0456. The number of rotatable bonds is 12. The van der Waals surface area contributed by atoms with Crippen molar-refractivity contribution in [3.05, 3.63) is 82.9 Å². The molecule has 16 heteroatoms. The van der Waals surface area contributed by atoms with E-state index < -0.39 is 24.3 Å². The predicted molar refractivity (Wildman–Crippen MR) is 258 cm³/mol. The number of H-pyrrole nitrogens is 2. The number of imidazole rings is 2. The molecule has 9 rings (SSSR count). The molecule has 67 heavy (non-hydrogen) atoms. The Bertz CT molecular complexity index is 2630. The number of alkyl carbamates (subject to hydrolysis) is 1. The number of aromatic nitrogens is 4. The Morgan fingerprint density at radius 1 is 0.657 bits per heavy atom. The van der Waals surface area contributed by atoms with Gasteiger partial charge in [0, 0.05) is 37.6 Å². The number of nitrogens with one attached hydrogen (secondary N) is 4. The van der Waals surface area contributed by atoms with Crippen LogP contribution in [0.25, 0.3) is 22.1 Å². The lowest BCUT2D eigenvalue weighted by Gasteiger charge is -2.35. The van der Waals surface area contributed by atoms with E-state index in [0.717, 1.165) is 96.6 Å². The van der Waals surface area contributed by atoms with Gasteiger partial charge in [0.05, 0.1) is 53.3 Å². The van der Waals surface area contributed by atoms with E-state index in [1.165, 1.54) is 43.2 Å². The van der Waals surface area contributed by atoms with E-state index in [0.29, 0.717) is 13.1 Å². The first-order valence-corrected chi connectivity index (χ1v) is 24.4. The Kier molecular flexibility index (Phi) is 13.1. The summed E-state index contributed by atoms with van der Waals surface area (Å²) in [5.41, 5.74) is 9.53. The van der Waals surface area contributed by atoms with E-state index >= 15 is 0 Å². The topological polar surface area (TPSA) is 192 Å². The van der Waals surface area contributed by atoms with Crippen molar-refractivity contribution >= 4 is 57.4 Å². The number of aryl methyl sites for hydroxylation is 1. The average Bonchev–Trinajstić information content (AvgIpc) is 4.18. The van der Waals surface area contributed by atoms with Crippen LogP contribution in [0.5, 0.6) is 0 Å². The fraction of sp³-hybridized carbons (Fsp3) is 0.529. The molecule has 5 N–H and O–H groups in total. The number of carbonyl (C=O) groups excluding carboxylic acids is 3. The molecule has 6 atom stereocenters. The maximum atomic E-state index is 13.9. The molecule has 4 aliphatic rings. The van der Waals surface area contributed by atoms with Gasteiger partial charge in [-0.25, -0.2) is 19.6 Å². The Labute approximate surface area is 392 Å². The standard InChI is InChI=1S/C51H66N10O6/c1-29(2)44(56-50(64)65)48(62)59-24-10-12-42(59)46-52-35-17-14-32(27-37(35)54-46)40-20-21-41(61(40)34-16-19-39(31(5)26-34)58-22-8-7-9-23-58)33-15-18-36-38(28-33)55-47(53-36)43-13-11-25-60(43)49(63)45(30(3)4)57-51(66)67-6/h14-19,26-30,40-45,56H,7-13,20-25H2,1-6H3,(H,52,54)(H,53,55)(H,57,66)(H,64,65)/t40-,41-,42+,43+,44+,45+/m1/s1. The summed E-state index contributed by atoms with van der Waals surface area (Å²) in [6.45, 7) is 13.1. The number of nitrogens with zero attached hydrogens (tertiary/aromatic N) is 6. The summed E-state index contributed by atoms with van der Waals surface area (Å²) >= 11 is 0. The molecule has 2 aromatic heterocycles. The monoisotopic (exact) mass is 915 g/mol. The molecular formula is C51H66N10O6. The molecule has 0 unspecified atom stereocenters. The van der Waals surface area contributed by atoms with Crippen molar-refractivity contribution in [1.29, 1.82) is 0 Å². The van der Waals surface area contributed by atoms with Gasteiger partial charge < -0.3 is 50.0 Å². The molecule has 0 radical (unpaired) electrons. The summed E-state index contributed by atoms with van der Waals surface area (Å²) in [6.07, 6.45) is 6.86. The van der Waals surface area contributed by atoms with E-state index in [9.17, 15) is 24.3 Å². The Hall–Kier alpha value is -6.32. The first-order valence-electron chi connectivity index (χ1n) is 24.4. The first-order chi connectivity index (χ1) is 32.3. The third-order valence-electron chi connectivity index (χ3n) is 14.7. The molecular weight excluding hydrogens is 849 g/mol. The predicted octanol–water partition coefficient (Wildman–Crippen LogP) is 8.82. The molecule has 3 aromatic carbocycles. The van der Waals surface area contributed by atoms with Crippen LogP contribution in [0.1, 0.15) is 138 Å². The van der Waals surface area contributed by atoms with Gasteiger partial charge in [-0.15, -0.1) is 0 Å². The summed E-state index contributed by atoms with van der Waals surface area (Å²) in [4.78, 5) is 77.6. The summed E-state index contributed by atoms with van der Waals surface area (Å²) in [5, 5.41) is 14.7.